The fourth-order valence-electron chi connectivity index (χ4n) is 0.993. The van der Waals surface area contributed by atoms with E-state index in [0.717, 1.165) is 6.42 Å². The van der Waals surface area contributed by atoms with E-state index < -0.39 is 0 Å². The molecule has 0 spiro atoms. The summed E-state index contributed by atoms with van der Waals surface area (Å²) < 4.78 is 14.0. The molecule has 1 aromatic carbocycles. The van der Waals surface area contributed by atoms with Crippen LogP contribution in [0.5, 0.6) is 0 Å². The molecule has 0 heterocycles. The van der Waals surface area contributed by atoms with Crippen molar-refractivity contribution >= 4 is 5.97 Å². The summed E-state index contributed by atoms with van der Waals surface area (Å²) in [5, 5.41) is 0. The lowest BCUT2D eigenvalue weighted by atomic mass is 10.1. The molecule has 0 N–H and O–H groups in total. The first-order chi connectivity index (χ1) is 6.83. The predicted octanol–water partition coefficient (Wildman–Crippen LogP) is 2.38. The Morgan fingerprint density at radius 3 is 2.36 bits per heavy atom. The van der Waals surface area contributed by atoms with Crippen LogP contribution in [0.15, 0.2) is 30.3 Å². The Kier molecular flexibility index (Phi) is 7.42. The van der Waals surface area contributed by atoms with E-state index in [1.54, 1.807) is 0 Å². The van der Waals surface area contributed by atoms with Crippen LogP contribution in [-0.4, -0.2) is 20.3 Å². The average Bonchev–Trinajstić information content (AvgIpc) is 2.30. The Labute approximate surface area is 83.7 Å². The van der Waals surface area contributed by atoms with Gasteiger partial charge in [-0.25, -0.2) is 0 Å². The normalized spacial score (nSPS) is 8.50. The number of aryl methyl sites for hydroxylation is 1. The van der Waals surface area contributed by atoms with Crippen LogP contribution in [-0.2, 0) is 16.0 Å². The van der Waals surface area contributed by atoms with E-state index in [-0.39, 0.29) is 5.97 Å². The van der Waals surface area contributed by atoms with Crippen molar-refractivity contribution in [2.45, 2.75) is 12.8 Å². The van der Waals surface area contributed by atoms with E-state index in [2.05, 4.69) is 4.74 Å². The van der Waals surface area contributed by atoms with Crippen LogP contribution in [0.1, 0.15) is 12.0 Å². The van der Waals surface area contributed by atoms with Gasteiger partial charge < -0.3 is 4.74 Å². The van der Waals surface area contributed by atoms with Gasteiger partial charge in [0, 0.05) is 6.42 Å². The average molecular weight is 198 g/mol. The van der Waals surface area contributed by atoms with Crippen molar-refractivity contribution in [3.8, 4) is 0 Å². The lowest BCUT2D eigenvalue weighted by molar-refractivity contribution is -0.140. The number of benzene rings is 1. The Hall–Kier alpha value is -1.38. The fraction of sp³-hybridized carbons (Fsp3) is 0.364. The van der Waals surface area contributed by atoms with Gasteiger partial charge in [0.15, 0.2) is 0 Å². The van der Waals surface area contributed by atoms with E-state index in [1.165, 1.54) is 12.7 Å². The maximum absolute atomic E-state index is 10.8. The first kappa shape index (κ1) is 12.6. The summed E-state index contributed by atoms with van der Waals surface area (Å²) in [5.41, 5.74) is 1.17. The molecule has 0 aliphatic rings. The highest BCUT2D eigenvalue weighted by atomic mass is 19.1. The predicted molar refractivity (Wildman–Crippen MR) is 53.8 cm³/mol. The van der Waals surface area contributed by atoms with Gasteiger partial charge >= 0.3 is 5.97 Å². The number of carbonyl (C=O) groups is 1. The second kappa shape index (κ2) is 8.23. The SMILES string of the molecule is CF.COC(=O)CCc1ccccc1. The summed E-state index contributed by atoms with van der Waals surface area (Å²) in [6.45, 7) is 0. The van der Waals surface area contributed by atoms with Gasteiger partial charge in [0.25, 0.3) is 0 Å². The molecular weight excluding hydrogens is 183 g/mol. The lowest BCUT2D eigenvalue weighted by Gasteiger charge is -1.98. The second-order valence-electron chi connectivity index (χ2n) is 2.56. The molecule has 0 amide bonds. The standard InChI is InChI=1S/C10H12O2.CH3F/c1-12-10(11)8-7-9-5-3-2-4-6-9;1-2/h2-6H,7-8H2,1H3;1H3. The number of methoxy groups -OCH3 is 1. The van der Waals surface area contributed by atoms with Crippen LogP contribution in [0.4, 0.5) is 4.39 Å². The van der Waals surface area contributed by atoms with Gasteiger partial charge in [-0.15, -0.1) is 0 Å². The van der Waals surface area contributed by atoms with Crippen molar-refractivity contribution in [2.75, 3.05) is 14.3 Å². The van der Waals surface area contributed by atoms with E-state index in [4.69, 9.17) is 0 Å². The zero-order valence-electron chi connectivity index (χ0n) is 8.50. The van der Waals surface area contributed by atoms with Crippen LogP contribution >= 0.6 is 0 Å². The summed E-state index contributed by atoms with van der Waals surface area (Å²) in [4.78, 5) is 10.8. The van der Waals surface area contributed by atoms with Gasteiger partial charge in [0.05, 0.1) is 14.3 Å². The highest BCUT2D eigenvalue weighted by Crippen LogP contribution is 2.02. The Bertz CT molecular complexity index is 247. The fourth-order valence-corrected chi connectivity index (χ4v) is 0.993. The quantitative estimate of drug-likeness (QED) is 0.697. The van der Waals surface area contributed by atoms with E-state index >= 15 is 0 Å². The molecule has 0 saturated carbocycles. The molecule has 3 heteroatoms. The number of halogens is 1. The zero-order chi connectivity index (χ0) is 10.8. The summed E-state index contributed by atoms with van der Waals surface area (Å²) in [6, 6.07) is 9.90. The van der Waals surface area contributed by atoms with Gasteiger partial charge in [0.1, 0.15) is 0 Å². The summed E-state index contributed by atoms with van der Waals surface area (Å²) in [7, 11) is 1.91. The van der Waals surface area contributed by atoms with Crippen molar-refractivity contribution in [3.63, 3.8) is 0 Å². The monoisotopic (exact) mass is 198 g/mol. The zero-order valence-corrected chi connectivity index (χ0v) is 8.50. The van der Waals surface area contributed by atoms with Crippen LogP contribution < -0.4 is 0 Å². The van der Waals surface area contributed by atoms with Crippen LogP contribution in [0.2, 0.25) is 0 Å². The van der Waals surface area contributed by atoms with Crippen molar-refractivity contribution in [2.24, 2.45) is 0 Å². The highest BCUT2D eigenvalue weighted by Gasteiger charge is 1.99. The van der Waals surface area contributed by atoms with Gasteiger partial charge in [-0.1, -0.05) is 30.3 Å². The third-order valence-corrected chi connectivity index (χ3v) is 1.69. The minimum Gasteiger partial charge on any atom is -0.469 e. The molecule has 14 heavy (non-hydrogen) atoms. The number of hydrogen-bond donors (Lipinski definition) is 0. The summed E-state index contributed by atoms with van der Waals surface area (Å²) in [6.07, 6.45) is 1.22. The molecule has 1 rings (SSSR count). The van der Waals surface area contributed by atoms with Gasteiger partial charge in [-0.2, -0.15) is 0 Å². The number of hydrogen-bond acceptors (Lipinski definition) is 2. The van der Waals surface area contributed by atoms with Crippen molar-refractivity contribution in [1.82, 2.24) is 0 Å². The Balaban J connectivity index is 0.000000791. The van der Waals surface area contributed by atoms with Gasteiger partial charge in [-0.05, 0) is 12.0 Å². The van der Waals surface area contributed by atoms with Crippen molar-refractivity contribution in [3.05, 3.63) is 35.9 Å². The molecule has 0 aliphatic carbocycles. The Morgan fingerprint density at radius 2 is 1.86 bits per heavy atom. The van der Waals surface area contributed by atoms with Crippen LogP contribution in [0, 0.1) is 0 Å². The molecule has 0 atom stereocenters. The topological polar surface area (TPSA) is 26.3 Å². The number of alkyl halides is 1. The van der Waals surface area contributed by atoms with Crippen molar-refractivity contribution < 1.29 is 13.9 Å². The molecule has 0 unspecified atom stereocenters. The van der Waals surface area contributed by atoms with E-state index in [9.17, 15) is 9.18 Å². The van der Waals surface area contributed by atoms with Crippen LogP contribution in [0.25, 0.3) is 0 Å². The maximum atomic E-state index is 10.8. The highest BCUT2D eigenvalue weighted by molar-refractivity contribution is 5.69. The van der Waals surface area contributed by atoms with Crippen LogP contribution in [0.3, 0.4) is 0 Å². The molecule has 2 nitrogen and oxygen atoms in total. The molecule has 0 saturated heterocycles. The summed E-state index contributed by atoms with van der Waals surface area (Å²) >= 11 is 0. The van der Waals surface area contributed by atoms with Gasteiger partial charge in [0.2, 0.25) is 0 Å². The number of carbonyl (C=O) groups excluding carboxylic acids is 1. The molecule has 0 bridgehead atoms. The lowest BCUT2D eigenvalue weighted by Crippen LogP contribution is -2.01. The maximum Gasteiger partial charge on any atom is 0.305 e. The minimum atomic E-state index is -0.154. The second-order valence-corrected chi connectivity index (χ2v) is 2.56. The minimum absolute atomic E-state index is 0.154. The molecule has 78 valence electrons. The first-order valence-electron chi connectivity index (χ1n) is 4.31. The third-order valence-electron chi connectivity index (χ3n) is 1.69. The van der Waals surface area contributed by atoms with E-state index in [1.807, 2.05) is 30.3 Å². The van der Waals surface area contributed by atoms with Gasteiger partial charge in [-0.3, -0.25) is 9.18 Å². The third kappa shape index (κ3) is 5.30. The Morgan fingerprint density at radius 1 is 1.29 bits per heavy atom. The molecule has 0 aliphatic heterocycles. The van der Waals surface area contributed by atoms with E-state index in [0.29, 0.717) is 13.6 Å². The molecule has 0 fully saturated rings. The van der Waals surface area contributed by atoms with Crippen molar-refractivity contribution in [1.29, 1.82) is 0 Å². The number of ether oxygens (including phenoxy) is 1. The summed E-state index contributed by atoms with van der Waals surface area (Å²) in [5.74, 6) is -0.154. The number of esters is 1. The molecular formula is C11H15FO2. The largest absolute Gasteiger partial charge is 0.469 e. The molecule has 1 aromatic rings. The first-order valence-corrected chi connectivity index (χ1v) is 4.31. The molecule has 0 radical (unpaired) electrons. The number of rotatable bonds is 3. The smallest absolute Gasteiger partial charge is 0.305 e. The molecule has 0 aromatic heterocycles.